The van der Waals surface area contributed by atoms with E-state index >= 15 is 0 Å². The third-order valence-electron chi connectivity index (χ3n) is 2.49. The zero-order valence-electron chi connectivity index (χ0n) is 9.43. The first-order valence-electron chi connectivity index (χ1n) is 5.18. The Hall–Kier alpha value is -0.780. The molecule has 0 fully saturated rings. The molecule has 0 heterocycles. The molecule has 1 atom stereocenters. The standard InChI is InChI=1S/C13H22/c1-6-9-10-13(8-3)12(5)11(4)7-2/h6,9-11H,5,7-8H2,1-4H3. The predicted molar refractivity (Wildman–Crippen MR) is 61.8 cm³/mol. The highest BCUT2D eigenvalue weighted by Crippen LogP contribution is 2.22. The fraction of sp³-hybridized carbons (Fsp3) is 0.538. The van der Waals surface area contributed by atoms with Gasteiger partial charge in [0.15, 0.2) is 0 Å². The average molecular weight is 178 g/mol. The van der Waals surface area contributed by atoms with Crippen molar-refractivity contribution in [2.24, 2.45) is 5.92 Å². The van der Waals surface area contributed by atoms with Crippen molar-refractivity contribution in [3.8, 4) is 0 Å². The van der Waals surface area contributed by atoms with Gasteiger partial charge in [0.25, 0.3) is 0 Å². The molecule has 0 spiro atoms. The van der Waals surface area contributed by atoms with Crippen LogP contribution in [0.25, 0.3) is 0 Å². The fourth-order valence-electron chi connectivity index (χ4n) is 1.23. The van der Waals surface area contributed by atoms with Crippen molar-refractivity contribution in [3.05, 3.63) is 36.0 Å². The monoisotopic (exact) mass is 178 g/mol. The molecule has 1 unspecified atom stereocenters. The number of hydrogen-bond acceptors (Lipinski definition) is 0. The lowest BCUT2D eigenvalue weighted by Gasteiger charge is -2.14. The highest BCUT2D eigenvalue weighted by molar-refractivity contribution is 5.32. The molecular weight excluding hydrogens is 156 g/mol. The van der Waals surface area contributed by atoms with E-state index in [1.54, 1.807) is 0 Å². The van der Waals surface area contributed by atoms with Crippen LogP contribution < -0.4 is 0 Å². The van der Waals surface area contributed by atoms with E-state index in [2.05, 4.69) is 45.6 Å². The molecule has 0 aromatic carbocycles. The zero-order chi connectivity index (χ0) is 10.3. The minimum absolute atomic E-state index is 0.608. The first-order chi connectivity index (χ1) is 6.17. The van der Waals surface area contributed by atoms with E-state index in [1.165, 1.54) is 17.6 Å². The predicted octanol–water partition coefficient (Wildman–Crippen LogP) is 4.50. The molecule has 0 aliphatic carbocycles. The molecule has 0 saturated heterocycles. The first-order valence-corrected chi connectivity index (χ1v) is 5.18. The van der Waals surface area contributed by atoms with Gasteiger partial charge >= 0.3 is 0 Å². The van der Waals surface area contributed by atoms with Gasteiger partial charge in [-0.2, -0.15) is 0 Å². The molecule has 0 aliphatic heterocycles. The first kappa shape index (κ1) is 12.2. The summed E-state index contributed by atoms with van der Waals surface area (Å²) in [6.07, 6.45) is 8.57. The lowest BCUT2D eigenvalue weighted by Crippen LogP contribution is -1.99. The van der Waals surface area contributed by atoms with Gasteiger partial charge in [-0.05, 0) is 36.8 Å². The van der Waals surface area contributed by atoms with E-state index in [-0.39, 0.29) is 0 Å². The Bertz CT molecular complexity index is 206. The summed E-state index contributed by atoms with van der Waals surface area (Å²) in [6.45, 7) is 12.8. The van der Waals surface area contributed by atoms with Gasteiger partial charge in [0.2, 0.25) is 0 Å². The topological polar surface area (TPSA) is 0 Å². The minimum Gasteiger partial charge on any atom is -0.0953 e. The van der Waals surface area contributed by atoms with Gasteiger partial charge in [0.1, 0.15) is 0 Å². The summed E-state index contributed by atoms with van der Waals surface area (Å²) in [4.78, 5) is 0. The van der Waals surface area contributed by atoms with Crippen LogP contribution in [0.2, 0.25) is 0 Å². The lowest BCUT2D eigenvalue weighted by atomic mass is 9.91. The third kappa shape index (κ3) is 4.12. The fourth-order valence-corrected chi connectivity index (χ4v) is 1.23. The smallest absolute Gasteiger partial charge is 0.0196 e. The quantitative estimate of drug-likeness (QED) is 0.544. The molecule has 0 N–H and O–H groups in total. The molecule has 0 aromatic heterocycles. The van der Waals surface area contributed by atoms with Crippen LogP contribution in [-0.4, -0.2) is 0 Å². The minimum atomic E-state index is 0.608. The van der Waals surface area contributed by atoms with E-state index in [0.717, 1.165) is 6.42 Å². The average Bonchev–Trinajstić information content (AvgIpc) is 2.17. The number of hydrogen-bond donors (Lipinski definition) is 0. The van der Waals surface area contributed by atoms with Crippen molar-refractivity contribution < 1.29 is 0 Å². The highest BCUT2D eigenvalue weighted by Gasteiger charge is 2.06. The van der Waals surface area contributed by atoms with Crippen LogP contribution >= 0.6 is 0 Å². The highest BCUT2D eigenvalue weighted by atomic mass is 14.1. The van der Waals surface area contributed by atoms with Crippen molar-refractivity contribution in [1.82, 2.24) is 0 Å². The summed E-state index contributed by atoms with van der Waals surface area (Å²) in [5.74, 6) is 0.608. The largest absolute Gasteiger partial charge is 0.0953 e. The van der Waals surface area contributed by atoms with Gasteiger partial charge in [0.05, 0.1) is 0 Å². The second-order valence-electron chi connectivity index (χ2n) is 3.41. The van der Waals surface area contributed by atoms with Crippen molar-refractivity contribution in [2.45, 2.75) is 40.5 Å². The van der Waals surface area contributed by atoms with E-state index in [9.17, 15) is 0 Å². The molecule has 0 saturated carbocycles. The number of rotatable bonds is 5. The van der Waals surface area contributed by atoms with E-state index in [0.29, 0.717) is 5.92 Å². The molecule has 0 aliphatic rings. The summed E-state index contributed by atoms with van der Waals surface area (Å²) in [5.41, 5.74) is 2.68. The van der Waals surface area contributed by atoms with Gasteiger partial charge in [-0.15, -0.1) is 0 Å². The van der Waals surface area contributed by atoms with Gasteiger partial charge < -0.3 is 0 Å². The molecule has 0 amide bonds. The molecule has 0 rings (SSSR count). The molecule has 0 nitrogen and oxygen atoms in total. The SMILES string of the molecule is C=C(C(=CC=CC)CC)C(C)CC. The van der Waals surface area contributed by atoms with E-state index in [1.807, 2.05) is 6.92 Å². The molecular formula is C13H22. The van der Waals surface area contributed by atoms with E-state index in [4.69, 9.17) is 0 Å². The molecule has 0 heteroatoms. The van der Waals surface area contributed by atoms with Crippen LogP contribution in [0.4, 0.5) is 0 Å². The normalized spacial score (nSPS) is 14.9. The van der Waals surface area contributed by atoms with E-state index < -0.39 is 0 Å². The van der Waals surface area contributed by atoms with Crippen LogP contribution in [0, 0.1) is 5.92 Å². The van der Waals surface area contributed by atoms with Crippen LogP contribution in [0.1, 0.15) is 40.5 Å². The molecule has 74 valence electrons. The second-order valence-corrected chi connectivity index (χ2v) is 3.41. The summed E-state index contributed by atoms with van der Waals surface area (Å²) >= 11 is 0. The van der Waals surface area contributed by atoms with Gasteiger partial charge in [-0.1, -0.05) is 45.6 Å². The summed E-state index contributed by atoms with van der Waals surface area (Å²) in [7, 11) is 0. The Labute approximate surface area is 83.0 Å². The van der Waals surface area contributed by atoms with Gasteiger partial charge in [-0.3, -0.25) is 0 Å². The van der Waals surface area contributed by atoms with Crippen molar-refractivity contribution in [1.29, 1.82) is 0 Å². The lowest BCUT2D eigenvalue weighted by molar-refractivity contribution is 0.659. The molecule has 0 aromatic rings. The van der Waals surface area contributed by atoms with Gasteiger partial charge in [-0.25, -0.2) is 0 Å². The Morgan fingerprint density at radius 1 is 1.38 bits per heavy atom. The second kappa shape index (κ2) is 6.71. The van der Waals surface area contributed by atoms with Crippen LogP contribution in [0.5, 0.6) is 0 Å². The number of allylic oxidation sites excluding steroid dienone is 5. The summed E-state index contributed by atoms with van der Waals surface area (Å²) in [6, 6.07) is 0. The van der Waals surface area contributed by atoms with Gasteiger partial charge in [0, 0.05) is 0 Å². The third-order valence-corrected chi connectivity index (χ3v) is 2.49. The van der Waals surface area contributed by atoms with Crippen LogP contribution in [0.15, 0.2) is 36.0 Å². The Morgan fingerprint density at radius 2 is 2.00 bits per heavy atom. The maximum Gasteiger partial charge on any atom is -0.0196 e. The van der Waals surface area contributed by atoms with Crippen molar-refractivity contribution >= 4 is 0 Å². The van der Waals surface area contributed by atoms with Crippen LogP contribution in [-0.2, 0) is 0 Å². The summed E-state index contributed by atoms with van der Waals surface area (Å²) in [5, 5.41) is 0. The Kier molecular flexibility index (Phi) is 6.30. The molecule has 0 bridgehead atoms. The Morgan fingerprint density at radius 3 is 2.38 bits per heavy atom. The van der Waals surface area contributed by atoms with Crippen LogP contribution in [0.3, 0.4) is 0 Å². The molecule has 0 radical (unpaired) electrons. The molecule has 13 heavy (non-hydrogen) atoms. The summed E-state index contributed by atoms with van der Waals surface area (Å²) < 4.78 is 0. The maximum absolute atomic E-state index is 4.15. The maximum atomic E-state index is 4.15. The van der Waals surface area contributed by atoms with Crippen molar-refractivity contribution in [2.75, 3.05) is 0 Å². The van der Waals surface area contributed by atoms with Crippen molar-refractivity contribution in [3.63, 3.8) is 0 Å². The zero-order valence-corrected chi connectivity index (χ0v) is 9.43. The Balaban J connectivity index is 4.49.